The summed E-state index contributed by atoms with van der Waals surface area (Å²) in [5, 5.41) is 7.90. The Morgan fingerprint density at radius 1 is 1.48 bits per heavy atom. The molecule has 3 rings (SSSR count). The predicted octanol–water partition coefficient (Wildman–Crippen LogP) is 1.72. The fourth-order valence-corrected chi connectivity index (χ4v) is 2.31. The number of aromatic nitrogens is 3. The van der Waals surface area contributed by atoms with E-state index in [4.69, 9.17) is 5.73 Å². The molecule has 108 valence electrons. The van der Waals surface area contributed by atoms with Crippen molar-refractivity contribution in [3.8, 4) is 0 Å². The van der Waals surface area contributed by atoms with Crippen LogP contribution in [0.5, 0.6) is 0 Å². The summed E-state index contributed by atoms with van der Waals surface area (Å²) >= 11 is 0. The minimum atomic E-state index is -0.130. The van der Waals surface area contributed by atoms with Crippen molar-refractivity contribution in [2.24, 2.45) is 7.05 Å². The first-order chi connectivity index (χ1) is 10.1. The van der Waals surface area contributed by atoms with Gasteiger partial charge >= 0.3 is 0 Å². The first-order valence-electron chi connectivity index (χ1n) is 6.68. The maximum absolute atomic E-state index is 12.3. The first-order valence-corrected chi connectivity index (χ1v) is 6.68. The lowest BCUT2D eigenvalue weighted by molar-refractivity contribution is 0.0952. The predicted molar refractivity (Wildman–Crippen MR) is 81.8 cm³/mol. The smallest absolute Gasteiger partial charge is 0.253 e. The maximum Gasteiger partial charge on any atom is 0.253 e. The fourth-order valence-electron chi connectivity index (χ4n) is 2.31. The molecular formula is C15H17N5O. The van der Waals surface area contributed by atoms with E-state index in [1.54, 1.807) is 29.2 Å². The molecule has 1 aromatic carbocycles. The number of anilines is 1. The van der Waals surface area contributed by atoms with Crippen LogP contribution in [0.3, 0.4) is 0 Å². The molecule has 0 aliphatic rings. The van der Waals surface area contributed by atoms with Gasteiger partial charge in [-0.2, -0.15) is 5.10 Å². The van der Waals surface area contributed by atoms with E-state index in [-0.39, 0.29) is 5.91 Å². The molecule has 0 bridgehead atoms. The molecule has 0 aliphatic carbocycles. The lowest BCUT2D eigenvalue weighted by Gasteiger charge is -2.04. The number of aromatic amines is 1. The van der Waals surface area contributed by atoms with Gasteiger partial charge in [0.15, 0.2) is 0 Å². The van der Waals surface area contributed by atoms with Crippen LogP contribution in [-0.4, -0.2) is 20.7 Å². The molecule has 0 atom stereocenters. The monoisotopic (exact) mass is 283 g/mol. The molecule has 0 saturated carbocycles. The summed E-state index contributed by atoms with van der Waals surface area (Å²) in [5.74, 6) is -0.130. The zero-order valence-electron chi connectivity index (χ0n) is 12.0. The Morgan fingerprint density at radius 2 is 2.29 bits per heavy atom. The standard InChI is InChI=1S/C15H17N5O/c1-9-10(7-19-20(9)2)6-18-15(21)13-8-17-14-4-3-11(16)5-12(13)14/h3-5,7-8,17H,6,16H2,1-2H3,(H,18,21). The highest BCUT2D eigenvalue weighted by Crippen LogP contribution is 2.21. The summed E-state index contributed by atoms with van der Waals surface area (Å²) in [7, 11) is 1.88. The van der Waals surface area contributed by atoms with Crippen molar-refractivity contribution in [3.63, 3.8) is 0 Å². The molecule has 0 saturated heterocycles. The molecule has 4 N–H and O–H groups in total. The van der Waals surface area contributed by atoms with Crippen LogP contribution in [0.2, 0.25) is 0 Å². The number of nitrogens with one attached hydrogen (secondary N) is 2. The molecule has 2 aromatic heterocycles. The van der Waals surface area contributed by atoms with E-state index in [1.165, 1.54) is 0 Å². The van der Waals surface area contributed by atoms with Crippen molar-refractivity contribution in [2.45, 2.75) is 13.5 Å². The van der Waals surface area contributed by atoms with Crippen LogP contribution in [0.4, 0.5) is 5.69 Å². The van der Waals surface area contributed by atoms with E-state index in [0.717, 1.165) is 22.2 Å². The van der Waals surface area contributed by atoms with Gasteiger partial charge in [0.05, 0.1) is 11.8 Å². The first kappa shape index (κ1) is 13.2. The summed E-state index contributed by atoms with van der Waals surface area (Å²) in [6.45, 7) is 2.42. The lowest BCUT2D eigenvalue weighted by atomic mass is 10.1. The van der Waals surface area contributed by atoms with E-state index < -0.39 is 0 Å². The summed E-state index contributed by atoms with van der Waals surface area (Å²) in [6, 6.07) is 5.47. The number of benzene rings is 1. The van der Waals surface area contributed by atoms with Gasteiger partial charge in [-0.05, 0) is 25.1 Å². The summed E-state index contributed by atoms with van der Waals surface area (Å²) in [4.78, 5) is 15.4. The second-order valence-electron chi connectivity index (χ2n) is 5.07. The average molecular weight is 283 g/mol. The maximum atomic E-state index is 12.3. The number of hydrogen-bond donors (Lipinski definition) is 3. The van der Waals surface area contributed by atoms with Crippen molar-refractivity contribution >= 4 is 22.5 Å². The van der Waals surface area contributed by atoms with Crippen molar-refractivity contribution < 1.29 is 4.79 Å². The van der Waals surface area contributed by atoms with Crippen LogP contribution < -0.4 is 11.1 Å². The molecule has 0 spiro atoms. The molecule has 1 amide bonds. The topological polar surface area (TPSA) is 88.7 Å². The number of rotatable bonds is 3. The number of carbonyl (C=O) groups is 1. The minimum Gasteiger partial charge on any atom is -0.399 e. The van der Waals surface area contributed by atoms with Gasteiger partial charge < -0.3 is 16.0 Å². The molecule has 0 fully saturated rings. The number of nitrogen functional groups attached to an aromatic ring is 1. The minimum absolute atomic E-state index is 0.130. The van der Waals surface area contributed by atoms with Gasteiger partial charge in [-0.3, -0.25) is 9.48 Å². The second-order valence-corrected chi connectivity index (χ2v) is 5.07. The molecule has 2 heterocycles. The molecule has 3 aromatic rings. The third kappa shape index (κ3) is 2.35. The Kier molecular flexibility index (Phi) is 3.13. The van der Waals surface area contributed by atoms with Crippen LogP contribution in [0.1, 0.15) is 21.6 Å². The molecule has 0 aliphatic heterocycles. The van der Waals surface area contributed by atoms with Gasteiger partial charge in [0.2, 0.25) is 0 Å². The number of aryl methyl sites for hydroxylation is 1. The van der Waals surface area contributed by atoms with Crippen LogP contribution in [0.15, 0.2) is 30.6 Å². The van der Waals surface area contributed by atoms with Crippen LogP contribution >= 0.6 is 0 Å². The summed E-state index contributed by atoms with van der Waals surface area (Å²) in [6.07, 6.45) is 3.47. The van der Waals surface area contributed by atoms with Crippen LogP contribution in [0.25, 0.3) is 10.9 Å². The fraction of sp³-hybridized carbons (Fsp3) is 0.200. The highest BCUT2D eigenvalue weighted by atomic mass is 16.1. The Labute approximate surface area is 121 Å². The average Bonchev–Trinajstić information content (AvgIpc) is 3.01. The summed E-state index contributed by atoms with van der Waals surface area (Å²) in [5.41, 5.74) is 9.96. The molecule has 0 unspecified atom stereocenters. The van der Waals surface area contributed by atoms with Gasteiger partial charge in [-0.25, -0.2) is 0 Å². The third-order valence-electron chi connectivity index (χ3n) is 3.73. The third-order valence-corrected chi connectivity index (χ3v) is 3.73. The van der Waals surface area contributed by atoms with E-state index in [2.05, 4.69) is 15.4 Å². The highest BCUT2D eigenvalue weighted by Gasteiger charge is 2.13. The Bertz CT molecular complexity index is 815. The SMILES string of the molecule is Cc1c(CNC(=O)c2c[nH]c3ccc(N)cc23)cnn1C. The van der Waals surface area contributed by atoms with Crippen molar-refractivity contribution in [3.05, 3.63) is 47.4 Å². The second kappa shape index (κ2) is 4.97. The van der Waals surface area contributed by atoms with E-state index in [0.29, 0.717) is 17.8 Å². The number of carbonyl (C=O) groups excluding carboxylic acids is 1. The number of nitrogens with two attached hydrogens (primary N) is 1. The molecular weight excluding hydrogens is 266 g/mol. The van der Waals surface area contributed by atoms with Gasteiger partial charge in [-0.15, -0.1) is 0 Å². The molecule has 0 radical (unpaired) electrons. The number of amides is 1. The quantitative estimate of drug-likeness (QED) is 0.639. The Balaban J connectivity index is 1.81. The zero-order valence-corrected chi connectivity index (χ0v) is 12.0. The number of hydrogen-bond acceptors (Lipinski definition) is 3. The lowest BCUT2D eigenvalue weighted by Crippen LogP contribution is -2.22. The van der Waals surface area contributed by atoms with Crippen LogP contribution in [-0.2, 0) is 13.6 Å². The van der Waals surface area contributed by atoms with Gasteiger partial charge in [0, 0.05) is 47.6 Å². The number of H-pyrrole nitrogens is 1. The Morgan fingerprint density at radius 3 is 3.00 bits per heavy atom. The van der Waals surface area contributed by atoms with Crippen LogP contribution in [0, 0.1) is 6.92 Å². The van der Waals surface area contributed by atoms with Gasteiger partial charge in [0.25, 0.3) is 5.91 Å². The summed E-state index contributed by atoms with van der Waals surface area (Å²) < 4.78 is 1.79. The normalized spacial score (nSPS) is 11.0. The van der Waals surface area contributed by atoms with Crippen molar-refractivity contribution in [1.29, 1.82) is 0 Å². The van der Waals surface area contributed by atoms with Gasteiger partial charge in [0.1, 0.15) is 0 Å². The number of nitrogens with zero attached hydrogens (tertiary/aromatic N) is 2. The Hall–Kier alpha value is -2.76. The molecule has 21 heavy (non-hydrogen) atoms. The number of fused-ring (bicyclic) bond motifs is 1. The van der Waals surface area contributed by atoms with E-state index in [9.17, 15) is 4.79 Å². The van der Waals surface area contributed by atoms with Gasteiger partial charge in [-0.1, -0.05) is 0 Å². The highest BCUT2D eigenvalue weighted by molar-refractivity contribution is 6.07. The van der Waals surface area contributed by atoms with Crippen molar-refractivity contribution in [2.75, 3.05) is 5.73 Å². The molecule has 6 heteroatoms. The largest absolute Gasteiger partial charge is 0.399 e. The molecule has 6 nitrogen and oxygen atoms in total. The van der Waals surface area contributed by atoms with E-state index in [1.807, 2.05) is 20.0 Å². The van der Waals surface area contributed by atoms with E-state index >= 15 is 0 Å². The van der Waals surface area contributed by atoms with Crippen molar-refractivity contribution in [1.82, 2.24) is 20.1 Å². The zero-order chi connectivity index (χ0) is 15.0.